The smallest absolute Gasteiger partial charge is 0.242 e. The maximum atomic E-state index is 12.9. The molecule has 0 unspecified atom stereocenters. The highest BCUT2D eigenvalue weighted by atomic mass is 32.2. The van der Waals surface area contributed by atoms with Crippen LogP contribution in [0.25, 0.3) is 21.8 Å². The average Bonchev–Trinajstić information content (AvgIpc) is 3.00. The van der Waals surface area contributed by atoms with Crippen LogP contribution < -0.4 is 5.32 Å². The van der Waals surface area contributed by atoms with Gasteiger partial charge in [-0.25, -0.2) is 8.42 Å². The zero-order chi connectivity index (χ0) is 19.9. The standard InChI is InChI=1S/C21H25N3O3S/c1-3-23-18-9-5-4-8-16(18)17-14-15(11-12-19(17)23)22-21(25)20-10-6-7-13-24(20)28(2,26)27/h4-5,8-9,11-12,14,20H,3,6-7,10,13H2,1-2H3,(H,22,25)/t20-/m0/s1. The molecule has 6 nitrogen and oxygen atoms in total. The lowest BCUT2D eigenvalue weighted by Gasteiger charge is -2.32. The number of nitrogens with one attached hydrogen (secondary N) is 1. The molecule has 1 saturated heterocycles. The van der Waals surface area contributed by atoms with Crippen molar-refractivity contribution in [1.82, 2.24) is 8.87 Å². The van der Waals surface area contributed by atoms with Gasteiger partial charge in [0.15, 0.2) is 0 Å². The number of carbonyl (C=O) groups is 1. The first-order valence-corrected chi connectivity index (χ1v) is 11.5. The summed E-state index contributed by atoms with van der Waals surface area (Å²) in [7, 11) is -3.41. The molecule has 0 radical (unpaired) electrons. The second-order valence-electron chi connectivity index (χ2n) is 7.37. The third-order valence-corrected chi connectivity index (χ3v) is 6.83. The number of sulfonamides is 1. The number of nitrogens with zero attached hydrogens (tertiary/aromatic N) is 2. The van der Waals surface area contributed by atoms with Gasteiger partial charge in [-0.05, 0) is 44.0 Å². The SMILES string of the molecule is CCn1c2ccccc2c2cc(NC(=O)[C@@H]3CCCCN3S(C)(=O)=O)ccc21. The average molecular weight is 400 g/mol. The monoisotopic (exact) mass is 399 g/mol. The highest BCUT2D eigenvalue weighted by Gasteiger charge is 2.34. The van der Waals surface area contributed by atoms with Crippen molar-refractivity contribution in [3.63, 3.8) is 0 Å². The van der Waals surface area contributed by atoms with Gasteiger partial charge in [-0.3, -0.25) is 4.79 Å². The zero-order valence-electron chi connectivity index (χ0n) is 16.2. The van der Waals surface area contributed by atoms with Crippen LogP contribution in [-0.4, -0.2) is 42.0 Å². The molecule has 0 bridgehead atoms. The first-order chi connectivity index (χ1) is 13.4. The van der Waals surface area contributed by atoms with Crippen LogP contribution in [0.3, 0.4) is 0 Å². The summed E-state index contributed by atoms with van der Waals surface area (Å²) in [6.07, 6.45) is 3.37. The summed E-state index contributed by atoms with van der Waals surface area (Å²) >= 11 is 0. The summed E-state index contributed by atoms with van der Waals surface area (Å²) in [5.74, 6) is -0.260. The molecule has 7 heteroatoms. The van der Waals surface area contributed by atoms with Crippen molar-refractivity contribution >= 4 is 43.4 Å². The summed E-state index contributed by atoms with van der Waals surface area (Å²) in [6, 6.07) is 13.5. The van der Waals surface area contributed by atoms with E-state index in [2.05, 4.69) is 28.9 Å². The van der Waals surface area contributed by atoms with Crippen LogP contribution in [0.15, 0.2) is 42.5 Å². The van der Waals surface area contributed by atoms with E-state index in [1.165, 1.54) is 16.1 Å². The Labute approximate surface area is 165 Å². The fourth-order valence-corrected chi connectivity index (χ4v) is 5.39. The minimum Gasteiger partial charge on any atom is -0.341 e. The maximum absolute atomic E-state index is 12.9. The Morgan fingerprint density at radius 1 is 1.11 bits per heavy atom. The van der Waals surface area contributed by atoms with E-state index in [4.69, 9.17) is 0 Å². The molecule has 0 aliphatic carbocycles. The fraction of sp³-hybridized carbons (Fsp3) is 0.381. The molecule has 1 aliphatic heterocycles. The largest absolute Gasteiger partial charge is 0.341 e. The predicted molar refractivity (Wildman–Crippen MR) is 113 cm³/mol. The Balaban J connectivity index is 1.68. The molecule has 1 fully saturated rings. The van der Waals surface area contributed by atoms with E-state index in [0.29, 0.717) is 18.7 Å². The van der Waals surface area contributed by atoms with Crippen molar-refractivity contribution in [1.29, 1.82) is 0 Å². The normalized spacial score (nSPS) is 18.6. The van der Waals surface area contributed by atoms with Crippen LogP contribution in [0, 0.1) is 0 Å². The molecule has 3 aromatic rings. The number of rotatable bonds is 4. The number of benzene rings is 2. The van der Waals surface area contributed by atoms with E-state index in [1.54, 1.807) is 0 Å². The molecule has 2 heterocycles. The first-order valence-electron chi connectivity index (χ1n) is 9.69. The van der Waals surface area contributed by atoms with Crippen LogP contribution in [0.4, 0.5) is 5.69 Å². The van der Waals surface area contributed by atoms with E-state index in [0.717, 1.165) is 35.7 Å². The van der Waals surface area contributed by atoms with Gasteiger partial charge in [-0.15, -0.1) is 0 Å². The van der Waals surface area contributed by atoms with E-state index in [9.17, 15) is 13.2 Å². The van der Waals surface area contributed by atoms with Crippen LogP contribution in [0.5, 0.6) is 0 Å². The molecule has 1 atom stereocenters. The molecule has 28 heavy (non-hydrogen) atoms. The third kappa shape index (κ3) is 3.29. The van der Waals surface area contributed by atoms with Crippen LogP contribution in [0.2, 0.25) is 0 Å². The predicted octanol–water partition coefficient (Wildman–Crippen LogP) is 3.57. The number of amides is 1. The lowest BCUT2D eigenvalue weighted by Crippen LogP contribution is -2.49. The molecule has 1 N–H and O–H groups in total. The number of hydrogen-bond acceptors (Lipinski definition) is 3. The number of carbonyl (C=O) groups excluding carboxylic acids is 1. The van der Waals surface area contributed by atoms with Gasteiger partial charge in [-0.2, -0.15) is 4.31 Å². The molecule has 1 aromatic heterocycles. The van der Waals surface area contributed by atoms with Crippen LogP contribution in [-0.2, 0) is 21.4 Å². The quantitative estimate of drug-likeness (QED) is 0.729. The van der Waals surface area contributed by atoms with Gasteiger partial charge in [0.2, 0.25) is 15.9 Å². The Hall–Kier alpha value is -2.38. The summed E-state index contributed by atoms with van der Waals surface area (Å²) in [5.41, 5.74) is 2.98. The molecule has 0 spiro atoms. The molecule has 1 amide bonds. The van der Waals surface area contributed by atoms with Gasteiger partial charge < -0.3 is 9.88 Å². The molecule has 4 rings (SSSR count). The number of aryl methyl sites for hydroxylation is 1. The Bertz CT molecular complexity index is 1150. The highest BCUT2D eigenvalue weighted by molar-refractivity contribution is 7.88. The topological polar surface area (TPSA) is 71.4 Å². The van der Waals surface area contributed by atoms with Crippen LogP contribution >= 0.6 is 0 Å². The van der Waals surface area contributed by atoms with Gasteiger partial charge in [0.05, 0.1) is 6.26 Å². The number of hydrogen-bond donors (Lipinski definition) is 1. The molecular formula is C21H25N3O3S. The van der Waals surface area contributed by atoms with Crippen molar-refractivity contribution < 1.29 is 13.2 Å². The number of piperidine rings is 1. The van der Waals surface area contributed by atoms with E-state index >= 15 is 0 Å². The van der Waals surface area contributed by atoms with Crippen molar-refractivity contribution in [2.75, 3.05) is 18.1 Å². The second-order valence-corrected chi connectivity index (χ2v) is 9.30. The van der Waals surface area contributed by atoms with Gasteiger partial charge in [-0.1, -0.05) is 24.6 Å². The van der Waals surface area contributed by atoms with Crippen LogP contribution in [0.1, 0.15) is 26.2 Å². The Morgan fingerprint density at radius 3 is 2.61 bits per heavy atom. The van der Waals surface area contributed by atoms with E-state index in [1.807, 2.05) is 30.3 Å². The molecule has 2 aromatic carbocycles. The minimum absolute atomic E-state index is 0.260. The summed E-state index contributed by atoms with van der Waals surface area (Å²) < 4.78 is 27.7. The zero-order valence-corrected chi connectivity index (χ0v) is 17.0. The lowest BCUT2D eigenvalue weighted by atomic mass is 10.0. The van der Waals surface area contributed by atoms with Gasteiger partial charge in [0.1, 0.15) is 6.04 Å². The third-order valence-electron chi connectivity index (χ3n) is 5.54. The van der Waals surface area contributed by atoms with Crippen molar-refractivity contribution in [3.8, 4) is 0 Å². The molecule has 148 valence electrons. The number of aromatic nitrogens is 1. The summed E-state index contributed by atoms with van der Waals surface area (Å²) in [5, 5.41) is 5.17. The van der Waals surface area contributed by atoms with Gasteiger partial charge in [0.25, 0.3) is 0 Å². The van der Waals surface area contributed by atoms with Crippen molar-refractivity contribution in [3.05, 3.63) is 42.5 Å². The molecule has 0 saturated carbocycles. The summed E-state index contributed by atoms with van der Waals surface area (Å²) in [4.78, 5) is 12.9. The number of para-hydroxylation sites is 1. The highest BCUT2D eigenvalue weighted by Crippen LogP contribution is 2.31. The maximum Gasteiger partial charge on any atom is 0.242 e. The fourth-order valence-electron chi connectivity index (χ4n) is 4.26. The van der Waals surface area contributed by atoms with Crippen molar-refractivity contribution in [2.45, 2.75) is 38.8 Å². The Morgan fingerprint density at radius 2 is 1.86 bits per heavy atom. The molecular weight excluding hydrogens is 374 g/mol. The second kappa shape index (κ2) is 7.22. The first kappa shape index (κ1) is 19.0. The number of anilines is 1. The lowest BCUT2D eigenvalue weighted by molar-refractivity contribution is -0.120. The minimum atomic E-state index is -3.41. The summed E-state index contributed by atoms with van der Waals surface area (Å²) in [6.45, 7) is 3.38. The van der Waals surface area contributed by atoms with E-state index in [-0.39, 0.29) is 5.91 Å². The van der Waals surface area contributed by atoms with E-state index < -0.39 is 16.1 Å². The Kier molecular flexibility index (Phi) is 4.89. The van der Waals surface area contributed by atoms with Gasteiger partial charge in [0, 0.05) is 40.6 Å². The molecule has 1 aliphatic rings. The van der Waals surface area contributed by atoms with Gasteiger partial charge >= 0.3 is 0 Å². The van der Waals surface area contributed by atoms with Crippen molar-refractivity contribution in [2.24, 2.45) is 0 Å². The number of fused-ring (bicyclic) bond motifs is 3.